The van der Waals surface area contributed by atoms with Crippen LogP contribution in [-0.4, -0.2) is 19.6 Å². The monoisotopic (exact) mass is 234 g/mol. The number of nitrogens with one attached hydrogen (secondary N) is 1. The average molecular weight is 234 g/mol. The normalized spacial score (nSPS) is 20.0. The van der Waals surface area contributed by atoms with Crippen LogP contribution in [0.15, 0.2) is 12.1 Å². The lowest BCUT2D eigenvalue weighted by Gasteiger charge is -2.14. The van der Waals surface area contributed by atoms with Crippen LogP contribution in [0.25, 0.3) is 0 Å². The zero-order valence-corrected chi connectivity index (χ0v) is 10.4. The van der Waals surface area contributed by atoms with Gasteiger partial charge in [-0.1, -0.05) is 12.1 Å². The minimum atomic E-state index is -0.146. The van der Waals surface area contributed by atoms with Crippen LogP contribution in [0.1, 0.15) is 35.6 Å². The Morgan fingerprint density at radius 3 is 2.88 bits per heavy atom. The fourth-order valence-corrected chi connectivity index (χ4v) is 2.22. The highest BCUT2D eigenvalue weighted by Gasteiger charge is 2.28. The predicted octanol–water partition coefficient (Wildman–Crippen LogP) is 1.70. The molecule has 0 fully saturated rings. The first kappa shape index (κ1) is 12.1. The van der Waals surface area contributed by atoms with Crippen molar-refractivity contribution >= 4 is 11.6 Å². The third-order valence-electron chi connectivity index (χ3n) is 3.27. The summed E-state index contributed by atoms with van der Waals surface area (Å²) in [4.78, 5) is 11.6. The molecule has 4 nitrogen and oxygen atoms in total. The molecule has 1 heterocycles. The number of nitrogens with two attached hydrogens (primary N) is 1. The highest BCUT2D eigenvalue weighted by molar-refractivity contribution is 6.03. The summed E-state index contributed by atoms with van der Waals surface area (Å²) in [6.07, 6.45) is 0. The van der Waals surface area contributed by atoms with Gasteiger partial charge in [0, 0.05) is 12.8 Å². The van der Waals surface area contributed by atoms with Gasteiger partial charge in [-0.05, 0) is 30.5 Å². The quantitative estimate of drug-likeness (QED) is 0.836. The van der Waals surface area contributed by atoms with Crippen molar-refractivity contribution in [2.24, 2.45) is 5.73 Å². The van der Waals surface area contributed by atoms with Gasteiger partial charge in [0.25, 0.3) is 0 Å². The molecule has 4 heteroatoms. The number of aryl methyl sites for hydroxylation is 1. The smallest absolute Gasteiger partial charge is 0.231 e. The predicted molar refractivity (Wildman–Crippen MR) is 67.0 cm³/mol. The molecule has 2 unspecified atom stereocenters. The van der Waals surface area contributed by atoms with E-state index in [2.05, 4.69) is 5.32 Å². The van der Waals surface area contributed by atoms with Gasteiger partial charge in [-0.2, -0.15) is 0 Å². The van der Waals surface area contributed by atoms with Crippen LogP contribution in [0.2, 0.25) is 0 Å². The van der Waals surface area contributed by atoms with Gasteiger partial charge in [0.2, 0.25) is 5.91 Å². The molecule has 1 aromatic rings. The molecule has 0 spiro atoms. The first-order valence-corrected chi connectivity index (χ1v) is 5.74. The summed E-state index contributed by atoms with van der Waals surface area (Å²) in [7, 11) is 1.63. The Bertz CT molecular complexity index is 457. The van der Waals surface area contributed by atoms with Gasteiger partial charge in [0.05, 0.1) is 18.6 Å². The number of rotatable bonds is 3. The Balaban J connectivity index is 2.41. The largest absolute Gasteiger partial charge is 0.383 e. The molecule has 0 aromatic heterocycles. The van der Waals surface area contributed by atoms with Crippen molar-refractivity contribution in [2.75, 3.05) is 19.0 Å². The molecule has 2 rings (SSSR count). The highest BCUT2D eigenvalue weighted by atomic mass is 16.5. The molecule has 92 valence electrons. The minimum Gasteiger partial charge on any atom is -0.383 e. The van der Waals surface area contributed by atoms with Crippen molar-refractivity contribution in [3.05, 3.63) is 28.8 Å². The second kappa shape index (κ2) is 4.47. The molecule has 3 N–H and O–H groups in total. The fraction of sp³-hybridized carbons (Fsp3) is 0.462. The number of methoxy groups -OCH3 is 1. The number of hydrogen-bond acceptors (Lipinski definition) is 3. The maximum absolute atomic E-state index is 11.6. The van der Waals surface area contributed by atoms with E-state index in [4.69, 9.17) is 10.5 Å². The van der Waals surface area contributed by atoms with Gasteiger partial charge >= 0.3 is 0 Å². The number of carbonyl (C=O) groups excluding carboxylic acids is 1. The first-order chi connectivity index (χ1) is 8.04. The molecular formula is C13H18N2O2. The van der Waals surface area contributed by atoms with Gasteiger partial charge in [0.1, 0.15) is 0 Å². The van der Waals surface area contributed by atoms with E-state index in [0.29, 0.717) is 6.61 Å². The zero-order chi connectivity index (χ0) is 12.6. The molecule has 0 bridgehead atoms. The third-order valence-corrected chi connectivity index (χ3v) is 3.27. The summed E-state index contributed by atoms with van der Waals surface area (Å²) in [5.74, 6) is -0.0426. The maximum atomic E-state index is 11.6. The number of benzene rings is 1. The van der Waals surface area contributed by atoms with E-state index in [9.17, 15) is 4.79 Å². The highest BCUT2D eigenvalue weighted by Crippen LogP contribution is 2.36. The molecular weight excluding hydrogens is 216 g/mol. The van der Waals surface area contributed by atoms with E-state index in [-0.39, 0.29) is 17.9 Å². The summed E-state index contributed by atoms with van der Waals surface area (Å²) in [5.41, 5.74) is 10.1. The second-order valence-corrected chi connectivity index (χ2v) is 4.57. The Kier molecular flexibility index (Phi) is 3.17. The number of amides is 1. The molecule has 0 radical (unpaired) electrons. The Hall–Kier alpha value is -1.39. The van der Waals surface area contributed by atoms with Crippen molar-refractivity contribution in [2.45, 2.75) is 25.8 Å². The molecule has 0 aliphatic carbocycles. The fourth-order valence-electron chi connectivity index (χ4n) is 2.22. The van der Waals surface area contributed by atoms with Crippen molar-refractivity contribution in [3.63, 3.8) is 0 Å². The first-order valence-electron chi connectivity index (χ1n) is 5.74. The Morgan fingerprint density at radius 1 is 1.53 bits per heavy atom. The zero-order valence-electron chi connectivity index (χ0n) is 10.4. The average Bonchev–Trinajstić information content (AvgIpc) is 2.57. The van der Waals surface area contributed by atoms with Crippen molar-refractivity contribution < 1.29 is 9.53 Å². The number of fused-ring (bicyclic) bond motifs is 1. The lowest BCUT2D eigenvalue weighted by molar-refractivity contribution is -0.116. The van der Waals surface area contributed by atoms with E-state index in [1.54, 1.807) is 7.11 Å². The van der Waals surface area contributed by atoms with Crippen LogP contribution in [0.5, 0.6) is 0 Å². The summed E-state index contributed by atoms with van der Waals surface area (Å²) >= 11 is 0. The van der Waals surface area contributed by atoms with E-state index in [0.717, 1.165) is 22.4 Å². The minimum absolute atomic E-state index is 0.0561. The lowest BCUT2D eigenvalue weighted by atomic mass is 9.95. The van der Waals surface area contributed by atoms with Crippen molar-refractivity contribution in [1.82, 2.24) is 0 Å². The number of ether oxygens (including phenoxy) is 1. The number of carbonyl (C=O) groups is 1. The van der Waals surface area contributed by atoms with Crippen molar-refractivity contribution in [3.8, 4) is 0 Å². The van der Waals surface area contributed by atoms with Crippen LogP contribution in [0.4, 0.5) is 5.69 Å². The topological polar surface area (TPSA) is 64.3 Å². The van der Waals surface area contributed by atoms with Gasteiger partial charge in [-0.25, -0.2) is 0 Å². The Morgan fingerprint density at radius 2 is 2.24 bits per heavy atom. The lowest BCUT2D eigenvalue weighted by Crippen LogP contribution is -2.16. The van der Waals surface area contributed by atoms with E-state index < -0.39 is 0 Å². The van der Waals surface area contributed by atoms with Gasteiger partial charge in [-0.15, -0.1) is 0 Å². The second-order valence-electron chi connectivity index (χ2n) is 4.57. The number of hydrogen-bond donors (Lipinski definition) is 2. The maximum Gasteiger partial charge on any atom is 0.231 e. The molecule has 1 aliphatic heterocycles. The van der Waals surface area contributed by atoms with Gasteiger partial charge in [-0.3, -0.25) is 4.79 Å². The van der Waals surface area contributed by atoms with Crippen LogP contribution < -0.4 is 11.1 Å². The molecule has 2 atom stereocenters. The molecule has 17 heavy (non-hydrogen) atoms. The number of anilines is 1. The summed E-state index contributed by atoms with van der Waals surface area (Å²) < 4.78 is 5.06. The van der Waals surface area contributed by atoms with Crippen molar-refractivity contribution in [1.29, 1.82) is 0 Å². The van der Waals surface area contributed by atoms with Gasteiger partial charge in [0.15, 0.2) is 0 Å². The van der Waals surface area contributed by atoms with Gasteiger partial charge < -0.3 is 15.8 Å². The summed E-state index contributed by atoms with van der Waals surface area (Å²) in [6, 6.07) is 3.88. The molecule has 1 aliphatic rings. The molecule has 1 amide bonds. The van der Waals surface area contributed by atoms with E-state index in [1.165, 1.54) is 0 Å². The van der Waals surface area contributed by atoms with Crippen LogP contribution in [0, 0.1) is 6.92 Å². The molecule has 1 aromatic carbocycles. The third kappa shape index (κ3) is 2.06. The van der Waals surface area contributed by atoms with E-state index >= 15 is 0 Å². The SMILES string of the molecule is COCC(N)c1cc(C)c2c(c1)C(C)C(=O)N2. The Labute approximate surface area is 101 Å². The molecule has 0 saturated carbocycles. The molecule has 0 saturated heterocycles. The standard InChI is InChI=1S/C13H18N2O2/c1-7-4-9(11(14)6-17-3)5-10-8(2)13(16)15-12(7)10/h4-5,8,11H,6,14H2,1-3H3,(H,15,16). The summed E-state index contributed by atoms with van der Waals surface area (Å²) in [5, 5.41) is 2.90. The van der Waals surface area contributed by atoms with Crippen LogP contribution in [0.3, 0.4) is 0 Å². The van der Waals surface area contributed by atoms with Crippen LogP contribution >= 0.6 is 0 Å². The van der Waals surface area contributed by atoms with E-state index in [1.807, 2.05) is 26.0 Å². The van der Waals surface area contributed by atoms with Crippen LogP contribution in [-0.2, 0) is 9.53 Å². The summed E-state index contributed by atoms with van der Waals surface area (Å²) in [6.45, 7) is 4.38.